The number of benzene rings is 2. The summed E-state index contributed by atoms with van der Waals surface area (Å²) >= 11 is 0. The molecule has 3 aliphatic carbocycles. The van der Waals surface area contributed by atoms with Gasteiger partial charge in [-0.1, -0.05) is 63.6 Å². The number of nitrogens with one attached hydrogen (secondary N) is 5. The van der Waals surface area contributed by atoms with E-state index in [-0.39, 0.29) is 29.6 Å². The first-order chi connectivity index (χ1) is 30.3. The summed E-state index contributed by atoms with van der Waals surface area (Å²) in [6.45, 7) is 10.1. The molecule has 1 aliphatic heterocycles. The quantitative estimate of drug-likeness (QED) is 0.0440. The molecule has 20 heteroatoms. The highest BCUT2D eigenvalue weighted by Gasteiger charge is 2.68. The van der Waals surface area contributed by atoms with Crippen molar-refractivity contribution < 1.29 is 47.9 Å². The molecule has 2 bridgehead atoms. The summed E-state index contributed by atoms with van der Waals surface area (Å²) in [7, 11) is -1.00. The average molecular weight is 892 g/mol. The van der Waals surface area contributed by atoms with Crippen molar-refractivity contribution in [1.29, 1.82) is 0 Å². The molecular weight excluding hydrogens is 825 g/mol. The molecule has 2 aromatic rings. The van der Waals surface area contributed by atoms with Crippen molar-refractivity contribution in [2.24, 2.45) is 40.2 Å². The number of unbranched alkanes of at least 4 members (excludes halogenated alkanes) is 2. The van der Waals surface area contributed by atoms with Crippen molar-refractivity contribution in [2.45, 2.75) is 141 Å². The molecule has 2 aromatic carbocycles. The van der Waals surface area contributed by atoms with Crippen molar-refractivity contribution in [2.75, 3.05) is 6.54 Å². The summed E-state index contributed by atoms with van der Waals surface area (Å²) in [4.78, 5) is 78.5. The Hall–Kier alpha value is -5.12. The molecule has 0 aromatic heterocycles. The smallest absolute Gasteiger partial charge is 0.410 e. The molecule has 6 amide bonds. The molecule has 4 aliphatic rings. The third-order valence-corrected chi connectivity index (χ3v) is 13.0. The van der Waals surface area contributed by atoms with Crippen LogP contribution in [0.3, 0.4) is 0 Å². The lowest BCUT2D eigenvalue weighted by Gasteiger charge is -2.64. The first-order valence-corrected chi connectivity index (χ1v) is 22.2. The molecule has 6 rings (SSSR count). The predicted octanol–water partition coefficient (Wildman–Crippen LogP) is 0.577. The Morgan fingerprint density at radius 1 is 0.828 bits per heavy atom. The first kappa shape index (κ1) is 49.9. The van der Waals surface area contributed by atoms with Gasteiger partial charge in [-0.15, -0.1) is 0 Å². The molecule has 4 fully saturated rings. The second kappa shape index (κ2) is 21.7. The van der Waals surface area contributed by atoms with E-state index >= 15 is 0 Å². The van der Waals surface area contributed by atoms with Crippen LogP contribution in [0.4, 0.5) is 4.79 Å². The van der Waals surface area contributed by atoms with Crippen LogP contribution in [0.2, 0.25) is 0 Å². The van der Waals surface area contributed by atoms with Gasteiger partial charge in [0.05, 0.1) is 24.2 Å². The Bertz CT molecular complexity index is 1970. The van der Waals surface area contributed by atoms with E-state index in [2.05, 4.69) is 59.5 Å². The summed E-state index contributed by atoms with van der Waals surface area (Å²) in [5, 5.41) is 22.5. The zero-order chi connectivity index (χ0) is 46.9. The molecule has 0 radical (unpaired) electrons. The number of nitrogens with two attached hydrogens (primary N) is 4. The van der Waals surface area contributed by atoms with Gasteiger partial charge in [-0.3, -0.25) is 24.0 Å². The van der Waals surface area contributed by atoms with Crippen LogP contribution in [0, 0.1) is 17.3 Å². The van der Waals surface area contributed by atoms with E-state index in [4.69, 9.17) is 37.0 Å². The largest absolute Gasteiger partial charge is 0.497 e. The number of aliphatic hydroxyl groups is 1. The summed E-state index contributed by atoms with van der Waals surface area (Å²) in [5.74, 6) is -3.92. The van der Waals surface area contributed by atoms with Gasteiger partial charge in [-0.05, 0) is 111 Å². The van der Waals surface area contributed by atoms with Gasteiger partial charge in [0.2, 0.25) is 23.6 Å². The fraction of sp³-hybridized carbons (Fsp3) is 0.591. The van der Waals surface area contributed by atoms with Gasteiger partial charge in [-0.25, -0.2) is 4.79 Å². The normalized spacial score (nSPS) is 23.4. The number of rotatable bonds is 22. The van der Waals surface area contributed by atoms with E-state index in [0.717, 1.165) is 43.2 Å². The van der Waals surface area contributed by atoms with Crippen LogP contribution in [0.1, 0.15) is 91.5 Å². The van der Waals surface area contributed by atoms with Crippen molar-refractivity contribution in [3.63, 3.8) is 0 Å². The standard InChI is InChI=1S/C44H66BN9O10/c1-6-7-10-25-12-14-26(15-13-25)27-16-18-29(19-17-27)62-42(61)51-30(11-8-9-20-46)37(57)52-35(24(2)55)39(59)53-36(48)40(60)50-31(23-34(47)56)38(58)54-41(49)45-63-33-22-28-21-32(43(28,3)4)44(33,5)64-45/h12-19,24,28,30-33,35-36,41,55H,6-11,20-23,46,48-49H2,1-5H3,(H2,47,56)(H,50,60)(H,51,61)(H,52,57)(H,53,59)(H,54,58)/t24?,28-,30-,31-,32-,33?,35-,36+,41+,44-/m0/s1. The number of aryl methyl sites for hydroxylation is 1. The first-order valence-electron chi connectivity index (χ1n) is 22.2. The van der Waals surface area contributed by atoms with Crippen LogP contribution in [-0.2, 0) is 39.7 Å². The Kier molecular flexibility index (Phi) is 16.9. The SMILES string of the molecule is CCCCc1ccc(-c2ccc(OC(=O)N[C@@H](CCCCN)C(=O)N[C@H](C(=O)N[C@@H](N)C(=O)N[C@@H](CC(N)=O)C(=O)N[C@@H](N)B3OC4C[C@@H]5C[C@@H](C5(C)C)[C@]4(C)O3)C(C)O)cc2)cc1. The van der Waals surface area contributed by atoms with Crippen LogP contribution in [0.25, 0.3) is 11.1 Å². The van der Waals surface area contributed by atoms with E-state index in [1.807, 2.05) is 31.2 Å². The number of hydrogen-bond acceptors (Lipinski definition) is 13. The Balaban J connectivity index is 1.14. The minimum absolute atomic E-state index is 0.0687. The van der Waals surface area contributed by atoms with Crippen LogP contribution < -0.4 is 54.3 Å². The Labute approximate surface area is 374 Å². The van der Waals surface area contributed by atoms with Crippen molar-refractivity contribution >= 4 is 42.7 Å². The van der Waals surface area contributed by atoms with Crippen LogP contribution in [-0.4, -0.2) is 103 Å². The van der Waals surface area contributed by atoms with E-state index < -0.39 is 91.2 Å². The summed E-state index contributed by atoms with van der Waals surface area (Å²) in [5.41, 5.74) is 26.0. The number of carbonyl (C=O) groups excluding carboxylic acids is 6. The Morgan fingerprint density at radius 2 is 1.47 bits per heavy atom. The van der Waals surface area contributed by atoms with Gasteiger partial charge in [-0.2, -0.15) is 0 Å². The second-order valence-corrected chi connectivity index (χ2v) is 18.0. The lowest BCUT2D eigenvalue weighted by atomic mass is 9.43. The van der Waals surface area contributed by atoms with E-state index in [1.54, 1.807) is 12.1 Å². The molecule has 0 spiro atoms. The molecule has 1 heterocycles. The monoisotopic (exact) mass is 892 g/mol. The molecule has 14 N–H and O–H groups in total. The molecule has 2 unspecified atom stereocenters. The predicted molar refractivity (Wildman–Crippen MR) is 238 cm³/mol. The van der Waals surface area contributed by atoms with Gasteiger partial charge in [0, 0.05) is 0 Å². The van der Waals surface area contributed by atoms with Gasteiger partial charge in [0.1, 0.15) is 29.9 Å². The highest BCUT2D eigenvalue weighted by Crippen LogP contribution is 2.65. The van der Waals surface area contributed by atoms with Crippen LogP contribution in [0.15, 0.2) is 48.5 Å². The zero-order valence-electron chi connectivity index (χ0n) is 37.4. The molecule has 350 valence electrons. The lowest BCUT2D eigenvalue weighted by molar-refractivity contribution is -0.199. The third kappa shape index (κ3) is 12.2. The Morgan fingerprint density at radius 3 is 2.06 bits per heavy atom. The van der Waals surface area contributed by atoms with Gasteiger partial charge in [0.15, 0.2) is 6.17 Å². The van der Waals surface area contributed by atoms with Gasteiger partial charge in [0.25, 0.3) is 5.91 Å². The maximum atomic E-state index is 13.6. The number of primary amides is 1. The van der Waals surface area contributed by atoms with Crippen molar-refractivity contribution in [1.82, 2.24) is 26.6 Å². The number of aliphatic hydroxyl groups excluding tert-OH is 1. The summed E-state index contributed by atoms with van der Waals surface area (Å²) in [6.07, 6.45) is 0.909. The minimum Gasteiger partial charge on any atom is -0.410 e. The minimum atomic E-state index is -1.84. The van der Waals surface area contributed by atoms with Crippen molar-refractivity contribution in [3.8, 4) is 16.9 Å². The number of hydrogen-bond donors (Lipinski definition) is 10. The molecular formula is C44H66BN9O10. The lowest BCUT2D eigenvalue weighted by Crippen LogP contribution is -2.65. The maximum absolute atomic E-state index is 13.6. The summed E-state index contributed by atoms with van der Waals surface area (Å²) < 4.78 is 17.9. The molecule has 1 saturated heterocycles. The fourth-order valence-corrected chi connectivity index (χ4v) is 9.03. The van der Waals surface area contributed by atoms with E-state index in [0.29, 0.717) is 25.3 Å². The second-order valence-electron chi connectivity index (χ2n) is 18.0. The molecule has 10 atom stereocenters. The molecule has 19 nitrogen and oxygen atoms in total. The topological polar surface area (TPSA) is 315 Å². The highest BCUT2D eigenvalue weighted by atomic mass is 16.7. The van der Waals surface area contributed by atoms with E-state index in [1.165, 1.54) is 12.5 Å². The van der Waals surface area contributed by atoms with E-state index in [9.17, 15) is 33.9 Å². The highest BCUT2D eigenvalue weighted by molar-refractivity contribution is 6.47. The number of amides is 6. The maximum Gasteiger partial charge on any atom is 0.497 e. The van der Waals surface area contributed by atoms with Gasteiger partial charge >= 0.3 is 13.2 Å². The third-order valence-electron chi connectivity index (χ3n) is 13.0. The fourth-order valence-electron chi connectivity index (χ4n) is 9.03. The van der Waals surface area contributed by atoms with Crippen LogP contribution in [0.5, 0.6) is 5.75 Å². The van der Waals surface area contributed by atoms with Crippen molar-refractivity contribution in [3.05, 3.63) is 54.1 Å². The molecule has 3 saturated carbocycles. The molecule has 64 heavy (non-hydrogen) atoms. The number of carbonyl (C=O) groups is 6. The van der Waals surface area contributed by atoms with Gasteiger partial charge < -0.3 is 68.7 Å². The zero-order valence-corrected chi connectivity index (χ0v) is 37.4. The average Bonchev–Trinajstić information content (AvgIpc) is 3.62. The number of ether oxygens (including phenoxy) is 1. The van der Waals surface area contributed by atoms with Crippen LogP contribution >= 0.6 is 0 Å². The summed E-state index contributed by atoms with van der Waals surface area (Å²) in [6, 6.07) is 9.50.